The Morgan fingerprint density at radius 3 is 1.50 bits per heavy atom. The topological polar surface area (TPSA) is 18.5 Å². The maximum absolute atomic E-state index is 5.47. The van der Waals surface area contributed by atoms with Gasteiger partial charge in [0.05, 0.1) is 14.2 Å². The van der Waals surface area contributed by atoms with E-state index in [4.69, 9.17) is 9.47 Å². The van der Waals surface area contributed by atoms with E-state index >= 15 is 0 Å². The largest absolute Gasteiger partial charge is 0.496 e. The summed E-state index contributed by atoms with van der Waals surface area (Å²) in [5.41, 5.74) is 5.36. The average molecular weight is 268 g/mol. The predicted molar refractivity (Wildman–Crippen MR) is 80.8 cm³/mol. The van der Waals surface area contributed by atoms with Crippen LogP contribution < -0.4 is 9.47 Å². The molecule has 0 spiro atoms. The molecule has 0 aromatic heterocycles. The number of benzene rings is 2. The van der Waals surface area contributed by atoms with Crippen LogP contribution in [-0.4, -0.2) is 14.2 Å². The number of rotatable bonds is 2. The van der Waals surface area contributed by atoms with Gasteiger partial charge < -0.3 is 9.47 Å². The molecule has 104 valence electrons. The fourth-order valence-electron chi connectivity index (χ4n) is 2.92. The predicted octanol–water partition coefficient (Wildman–Crippen LogP) is 3.59. The van der Waals surface area contributed by atoms with Gasteiger partial charge in [0.15, 0.2) is 0 Å². The van der Waals surface area contributed by atoms with Crippen LogP contribution in [0.1, 0.15) is 22.3 Å². The lowest BCUT2D eigenvalue weighted by Crippen LogP contribution is -2.03. The molecule has 1 aliphatic carbocycles. The van der Waals surface area contributed by atoms with E-state index in [-0.39, 0.29) is 0 Å². The lowest BCUT2D eigenvalue weighted by Gasteiger charge is -2.16. The van der Waals surface area contributed by atoms with E-state index < -0.39 is 0 Å². The number of ether oxygens (including phenoxy) is 2. The molecule has 0 atom stereocenters. The minimum absolute atomic E-state index is 0.983. The van der Waals surface area contributed by atoms with E-state index in [0.717, 1.165) is 37.2 Å². The molecule has 0 saturated carbocycles. The van der Waals surface area contributed by atoms with Crippen molar-refractivity contribution < 1.29 is 9.47 Å². The molecule has 0 fully saturated rings. The lowest BCUT2D eigenvalue weighted by molar-refractivity contribution is 0.405. The molecule has 4 bridgehead atoms. The van der Waals surface area contributed by atoms with Gasteiger partial charge >= 0.3 is 0 Å². The quantitative estimate of drug-likeness (QED) is 0.828. The van der Waals surface area contributed by atoms with Gasteiger partial charge in [-0.2, -0.15) is 0 Å². The zero-order valence-corrected chi connectivity index (χ0v) is 12.1. The van der Waals surface area contributed by atoms with E-state index in [1.165, 1.54) is 22.3 Å². The molecular weight excluding hydrogens is 248 g/mol. The molecule has 0 N–H and O–H groups in total. The SMILES string of the molecule is COc1ccc2cc1CCc1cc(ccc1OC)CC2. The van der Waals surface area contributed by atoms with Crippen LogP contribution >= 0.6 is 0 Å². The molecule has 0 saturated heterocycles. The summed E-state index contributed by atoms with van der Waals surface area (Å²) in [4.78, 5) is 0. The number of methoxy groups -OCH3 is 2. The van der Waals surface area contributed by atoms with E-state index in [0.29, 0.717) is 0 Å². The van der Waals surface area contributed by atoms with Gasteiger partial charge in [-0.25, -0.2) is 0 Å². The first kappa shape index (κ1) is 13.0. The van der Waals surface area contributed by atoms with Crippen molar-refractivity contribution in [3.63, 3.8) is 0 Å². The summed E-state index contributed by atoms with van der Waals surface area (Å²) in [7, 11) is 3.48. The Kier molecular flexibility index (Phi) is 3.64. The summed E-state index contributed by atoms with van der Waals surface area (Å²) in [6, 6.07) is 13.1. The Bertz CT molecular complexity index is 561. The molecular formula is C18H20O2. The molecule has 0 heterocycles. The van der Waals surface area contributed by atoms with Crippen LogP contribution in [-0.2, 0) is 25.7 Å². The molecule has 0 radical (unpaired) electrons. The first-order valence-corrected chi connectivity index (χ1v) is 7.12. The number of aryl methyl sites for hydroxylation is 4. The fraction of sp³-hybridized carbons (Fsp3) is 0.333. The van der Waals surface area contributed by atoms with Gasteiger partial charge in [-0.05, 0) is 60.1 Å². The Hall–Kier alpha value is -1.96. The Morgan fingerprint density at radius 2 is 1.10 bits per heavy atom. The highest BCUT2D eigenvalue weighted by molar-refractivity contribution is 5.42. The zero-order chi connectivity index (χ0) is 13.9. The molecule has 3 rings (SSSR count). The molecule has 2 aromatic carbocycles. The minimum atomic E-state index is 0.983. The van der Waals surface area contributed by atoms with Gasteiger partial charge in [0.2, 0.25) is 0 Å². The van der Waals surface area contributed by atoms with Crippen molar-refractivity contribution in [3.8, 4) is 11.5 Å². The van der Waals surface area contributed by atoms with Crippen LogP contribution in [0.3, 0.4) is 0 Å². The Labute approximate surface area is 120 Å². The molecule has 0 amide bonds. The highest BCUT2D eigenvalue weighted by atomic mass is 16.5. The second-order valence-corrected chi connectivity index (χ2v) is 5.29. The summed E-state index contributed by atoms with van der Waals surface area (Å²) >= 11 is 0. The van der Waals surface area contributed by atoms with Crippen LogP contribution in [0.5, 0.6) is 11.5 Å². The van der Waals surface area contributed by atoms with Gasteiger partial charge in [-0.3, -0.25) is 0 Å². The van der Waals surface area contributed by atoms with E-state index in [1.54, 1.807) is 14.2 Å². The second-order valence-electron chi connectivity index (χ2n) is 5.29. The van der Waals surface area contributed by atoms with Crippen molar-refractivity contribution in [3.05, 3.63) is 58.7 Å². The summed E-state index contributed by atoms with van der Waals surface area (Å²) in [5, 5.41) is 0. The van der Waals surface area contributed by atoms with Gasteiger partial charge in [0.1, 0.15) is 11.5 Å². The van der Waals surface area contributed by atoms with E-state index in [2.05, 4.69) is 36.4 Å². The standard InChI is InChI=1S/C18H20O2/c1-19-17-9-5-13-3-4-14-6-10-18(20-2)16(12-14)8-7-15(17)11-13/h5-6,9-12H,3-4,7-8H2,1-2H3. The summed E-state index contributed by atoms with van der Waals surface area (Å²) in [5.74, 6) is 1.98. The highest BCUT2D eigenvalue weighted by Gasteiger charge is 2.11. The first-order chi connectivity index (χ1) is 9.80. The number of hydrogen-bond donors (Lipinski definition) is 0. The Morgan fingerprint density at radius 1 is 0.650 bits per heavy atom. The molecule has 2 nitrogen and oxygen atoms in total. The van der Waals surface area contributed by atoms with Crippen LogP contribution in [0.25, 0.3) is 0 Å². The van der Waals surface area contributed by atoms with Gasteiger partial charge in [-0.15, -0.1) is 0 Å². The fourth-order valence-corrected chi connectivity index (χ4v) is 2.92. The van der Waals surface area contributed by atoms with Crippen molar-refractivity contribution in [1.29, 1.82) is 0 Å². The van der Waals surface area contributed by atoms with Crippen molar-refractivity contribution in [2.24, 2.45) is 0 Å². The average Bonchev–Trinajstić information content (AvgIpc) is 2.50. The van der Waals surface area contributed by atoms with Crippen molar-refractivity contribution >= 4 is 0 Å². The van der Waals surface area contributed by atoms with E-state index in [9.17, 15) is 0 Å². The van der Waals surface area contributed by atoms with E-state index in [1.807, 2.05) is 0 Å². The van der Waals surface area contributed by atoms with Crippen molar-refractivity contribution in [2.75, 3.05) is 14.2 Å². The number of fused-ring (bicyclic) bond motifs is 4. The normalized spacial score (nSPS) is 13.7. The van der Waals surface area contributed by atoms with Gasteiger partial charge in [-0.1, -0.05) is 24.3 Å². The summed E-state index contributed by atoms with van der Waals surface area (Å²) in [6.07, 6.45) is 4.11. The van der Waals surface area contributed by atoms with Crippen LogP contribution in [0, 0.1) is 0 Å². The highest BCUT2D eigenvalue weighted by Crippen LogP contribution is 2.28. The lowest BCUT2D eigenvalue weighted by atomic mass is 9.94. The van der Waals surface area contributed by atoms with Crippen LogP contribution in [0.2, 0.25) is 0 Å². The third-order valence-electron chi connectivity index (χ3n) is 4.06. The van der Waals surface area contributed by atoms with Crippen molar-refractivity contribution in [2.45, 2.75) is 25.7 Å². The monoisotopic (exact) mass is 268 g/mol. The molecule has 20 heavy (non-hydrogen) atoms. The zero-order valence-electron chi connectivity index (χ0n) is 12.1. The molecule has 2 aromatic rings. The van der Waals surface area contributed by atoms with Gasteiger partial charge in [0, 0.05) is 0 Å². The van der Waals surface area contributed by atoms with Crippen LogP contribution in [0.4, 0.5) is 0 Å². The maximum Gasteiger partial charge on any atom is 0.122 e. The van der Waals surface area contributed by atoms with Crippen LogP contribution in [0.15, 0.2) is 36.4 Å². The smallest absolute Gasteiger partial charge is 0.122 e. The minimum Gasteiger partial charge on any atom is -0.496 e. The summed E-state index contributed by atoms with van der Waals surface area (Å²) < 4.78 is 10.9. The maximum atomic E-state index is 5.47. The molecule has 0 aliphatic heterocycles. The third kappa shape index (κ3) is 2.51. The Balaban J connectivity index is 1.99. The second kappa shape index (κ2) is 5.58. The summed E-state index contributed by atoms with van der Waals surface area (Å²) in [6.45, 7) is 0. The molecule has 1 aliphatic rings. The van der Waals surface area contributed by atoms with Gasteiger partial charge in [0.25, 0.3) is 0 Å². The molecule has 0 unspecified atom stereocenters. The number of hydrogen-bond acceptors (Lipinski definition) is 2. The first-order valence-electron chi connectivity index (χ1n) is 7.12. The molecule has 2 heteroatoms. The van der Waals surface area contributed by atoms with Crippen molar-refractivity contribution in [1.82, 2.24) is 0 Å². The third-order valence-corrected chi connectivity index (χ3v) is 4.06.